The van der Waals surface area contributed by atoms with Crippen molar-refractivity contribution in [2.75, 3.05) is 20.4 Å². The normalized spacial score (nSPS) is 21.6. The van der Waals surface area contributed by atoms with E-state index < -0.39 is 0 Å². The molecule has 1 saturated heterocycles. The van der Waals surface area contributed by atoms with Gasteiger partial charge in [-0.2, -0.15) is 0 Å². The Kier molecular flexibility index (Phi) is 3.89. The van der Waals surface area contributed by atoms with Crippen LogP contribution in [0.15, 0.2) is 12.1 Å². The molecule has 1 N–H and O–H groups in total. The molecule has 0 aliphatic carbocycles. The molecule has 4 nitrogen and oxygen atoms in total. The van der Waals surface area contributed by atoms with Gasteiger partial charge in [0.1, 0.15) is 0 Å². The van der Waals surface area contributed by atoms with Gasteiger partial charge in [0.15, 0.2) is 11.5 Å². The molecule has 4 heteroatoms. The molecule has 1 aromatic rings. The molecule has 3 rings (SSSR count). The maximum absolute atomic E-state index is 5.48. The summed E-state index contributed by atoms with van der Waals surface area (Å²) in [5.74, 6) is 1.71. The summed E-state index contributed by atoms with van der Waals surface area (Å²) in [6, 6.07) is 4.75. The number of piperidine rings is 1. The number of benzene rings is 1. The first kappa shape index (κ1) is 12.8. The predicted molar refractivity (Wildman–Crippen MR) is 72.6 cm³/mol. The third-order valence-corrected chi connectivity index (χ3v) is 3.87. The van der Waals surface area contributed by atoms with Gasteiger partial charge in [0.05, 0.1) is 6.61 Å². The molecule has 2 aliphatic heterocycles. The zero-order valence-electron chi connectivity index (χ0n) is 11.4. The summed E-state index contributed by atoms with van der Waals surface area (Å²) >= 11 is 0. The van der Waals surface area contributed by atoms with Crippen LogP contribution in [0.5, 0.6) is 11.5 Å². The maximum Gasteiger partial charge on any atom is 0.231 e. The van der Waals surface area contributed by atoms with Crippen LogP contribution in [0.1, 0.15) is 30.4 Å². The molecule has 0 saturated carbocycles. The van der Waals surface area contributed by atoms with Gasteiger partial charge >= 0.3 is 0 Å². The third kappa shape index (κ3) is 2.85. The molecule has 1 unspecified atom stereocenters. The van der Waals surface area contributed by atoms with Crippen LogP contribution in [0.2, 0.25) is 0 Å². The Hall–Kier alpha value is -1.26. The smallest absolute Gasteiger partial charge is 0.231 e. The van der Waals surface area contributed by atoms with Gasteiger partial charge in [-0.05, 0) is 49.1 Å². The fraction of sp³-hybridized carbons (Fsp3) is 0.600. The van der Waals surface area contributed by atoms with E-state index in [2.05, 4.69) is 17.4 Å². The molecule has 1 fully saturated rings. The molecule has 0 bridgehead atoms. The SMILES string of the molecule is COCc1cc2c(cc1CC1CCCCN1)OCO2. The minimum absolute atomic E-state index is 0.326. The summed E-state index contributed by atoms with van der Waals surface area (Å²) in [5.41, 5.74) is 2.52. The summed E-state index contributed by atoms with van der Waals surface area (Å²) < 4.78 is 16.2. The lowest BCUT2D eigenvalue weighted by Gasteiger charge is -2.24. The minimum Gasteiger partial charge on any atom is -0.454 e. The molecule has 1 atom stereocenters. The highest BCUT2D eigenvalue weighted by molar-refractivity contribution is 5.48. The molecule has 2 aliphatic rings. The molecule has 1 aromatic carbocycles. The van der Waals surface area contributed by atoms with E-state index >= 15 is 0 Å². The molecule has 0 amide bonds. The van der Waals surface area contributed by atoms with Crippen molar-refractivity contribution in [1.29, 1.82) is 0 Å². The van der Waals surface area contributed by atoms with Crippen LogP contribution in [-0.4, -0.2) is 26.5 Å². The molecular formula is C15H21NO3. The first-order chi connectivity index (χ1) is 9.36. The zero-order chi connectivity index (χ0) is 13.1. The first-order valence-electron chi connectivity index (χ1n) is 7.00. The Morgan fingerprint density at radius 3 is 2.68 bits per heavy atom. The van der Waals surface area contributed by atoms with Crippen LogP contribution < -0.4 is 14.8 Å². The second kappa shape index (κ2) is 5.80. The summed E-state index contributed by atoms with van der Waals surface area (Å²) in [4.78, 5) is 0. The Morgan fingerprint density at radius 1 is 1.21 bits per heavy atom. The average Bonchev–Trinajstić information content (AvgIpc) is 2.88. The van der Waals surface area contributed by atoms with Crippen molar-refractivity contribution in [3.8, 4) is 11.5 Å². The Labute approximate surface area is 114 Å². The number of ether oxygens (including phenoxy) is 3. The summed E-state index contributed by atoms with van der Waals surface area (Å²) in [6.45, 7) is 2.08. The summed E-state index contributed by atoms with van der Waals surface area (Å²) in [7, 11) is 1.73. The van der Waals surface area contributed by atoms with Crippen molar-refractivity contribution >= 4 is 0 Å². The number of nitrogens with one attached hydrogen (secondary N) is 1. The second-order valence-electron chi connectivity index (χ2n) is 5.26. The van der Waals surface area contributed by atoms with Crippen LogP contribution in [0.25, 0.3) is 0 Å². The molecule has 2 heterocycles. The summed E-state index contributed by atoms with van der Waals surface area (Å²) in [6.07, 6.45) is 4.90. The van der Waals surface area contributed by atoms with E-state index in [-0.39, 0.29) is 0 Å². The first-order valence-corrected chi connectivity index (χ1v) is 7.00. The third-order valence-electron chi connectivity index (χ3n) is 3.87. The van der Waals surface area contributed by atoms with Gasteiger partial charge < -0.3 is 19.5 Å². The highest BCUT2D eigenvalue weighted by Gasteiger charge is 2.20. The lowest BCUT2D eigenvalue weighted by atomic mass is 9.94. The van der Waals surface area contributed by atoms with E-state index in [1.165, 1.54) is 30.4 Å². The fourth-order valence-electron chi connectivity index (χ4n) is 2.87. The maximum atomic E-state index is 5.48. The average molecular weight is 263 g/mol. The number of fused-ring (bicyclic) bond motifs is 1. The minimum atomic E-state index is 0.326. The van der Waals surface area contributed by atoms with Crippen molar-refractivity contribution in [3.63, 3.8) is 0 Å². The van der Waals surface area contributed by atoms with E-state index in [0.29, 0.717) is 19.4 Å². The van der Waals surface area contributed by atoms with Crippen LogP contribution in [0.4, 0.5) is 0 Å². The highest BCUT2D eigenvalue weighted by Crippen LogP contribution is 2.35. The van der Waals surface area contributed by atoms with Crippen molar-refractivity contribution in [2.24, 2.45) is 0 Å². The monoisotopic (exact) mass is 263 g/mol. The van der Waals surface area contributed by atoms with E-state index in [4.69, 9.17) is 14.2 Å². The van der Waals surface area contributed by atoms with Gasteiger partial charge in [-0.25, -0.2) is 0 Å². The van der Waals surface area contributed by atoms with Crippen LogP contribution in [0, 0.1) is 0 Å². The molecule has 19 heavy (non-hydrogen) atoms. The van der Waals surface area contributed by atoms with E-state index in [1.807, 2.05) is 0 Å². The van der Waals surface area contributed by atoms with E-state index in [1.54, 1.807) is 7.11 Å². The molecule has 0 aromatic heterocycles. The standard InChI is InChI=1S/C15H21NO3/c1-17-9-12-8-15-14(18-10-19-15)7-11(12)6-13-4-2-3-5-16-13/h7-8,13,16H,2-6,9-10H2,1H3. The fourth-order valence-corrected chi connectivity index (χ4v) is 2.87. The Bertz CT molecular complexity index is 441. The molecular weight excluding hydrogens is 242 g/mol. The van der Waals surface area contributed by atoms with Crippen molar-refractivity contribution in [2.45, 2.75) is 38.3 Å². The summed E-state index contributed by atoms with van der Waals surface area (Å²) in [5, 5.41) is 3.59. The molecule has 104 valence electrons. The second-order valence-corrected chi connectivity index (χ2v) is 5.26. The highest BCUT2D eigenvalue weighted by atomic mass is 16.7. The van der Waals surface area contributed by atoms with Gasteiger partial charge in [-0.3, -0.25) is 0 Å². The van der Waals surface area contributed by atoms with E-state index in [0.717, 1.165) is 24.5 Å². The van der Waals surface area contributed by atoms with Crippen molar-refractivity contribution < 1.29 is 14.2 Å². The number of rotatable bonds is 4. The lowest BCUT2D eigenvalue weighted by Crippen LogP contribution is -2.35. The topological polar surface area (TPSA) is 39.7 Å². The Morgan fingerprint density at radius 2 is 2.00 bits per heavy atom. The van der Waals surface area contributed by atoms with Crippen molar-refractivity contribution in [3.05, 3.63) is 23.3 Å². The molecule has 0 radical (unpaired) electrons. The Balaban J connectivity index is 1.81. The number of hydrogen-bond donors (Lipinski definition) is 1. The molecule has 0 spiro atoms. The van der Waals surface area contributed by atoms with Crippen LogP contribution in [0.3, 0.4) is 0 Å². The quantitative estimate of drug-likeness (QED) is 0.904. The largest absolute Gasteiger partial charge is 0.454 e. The predicted octanol–water partition coefficient (Wildman–Crippen LogP) is 2.25. The van der Waals surface area contributed by atoms with Gasteiger partial charge in [-0.15, -0.1) is 0 Å². The van der Waals surface area contributed by atoms with Crippen LogP contribution in [-0.2, 0) is 17.8 Å². The number of hydrogen-bond acceptors (Lipinski definition) is 4. The van der Waals surface area contributed by atoms with Gasteiger partial charge in [0, 0.05) is 13.2 Å². The zero-order valence-corrected chi connectivity index (χ0v) is 11.4. The van der Waals surface area contributed by atoms with Crippen molar-refractivity contribution in [1.82, 2.24) is 5.32 Å². The number of methoxy groups -OCH3 is 1. The van der Waals surface area contributed by atoms with Gasteiger partial charge in [0.2, 0.25) is 6.79 Å². The van der Waals surface area contributed by atoms with Crippen LogP contribution >= 0.6 is 0 Å². The van der Waals surface area contributed by atoms with Gasteiger partial charge in [-0.1, -0.05) is 6.42 Å². The lowest BCUT2D eigenvalue weighted by molar-refractivity contribution is 0.173. The van der Waals surface area contributed by atoms with Gasteiger partial charge in [0.25, 0.3) is 0 Å². The van der Waals surface area contributed by atoms with E-state index in [9.17, 15) is 0 Å².